The zero-order chi connectivity index (χ0) is 25.1. The third kappa shape index (κ3) is 9.47. The van der Waals surface area contributed by atoms with Gasteiger partial charge in [0, 0.05) is 19.4 Å². The van der Waals surface area contributed by atoms with Gasteiger partial charge in [0.05, 0.1) is 0 Å². The van der Waals surface area contributed by atoms with Crippen molar-refractivity contribution in [2.75, 3.05) is 6.54 Å². The van der Waals surface area contributed by atoms with Crippen LogP contribution in [0.25, 0.3) is 0 Å². The third-order valence-electron chi connectivity index (χ3n) is 4.56. The van der Waals surface area contributed by atoms with Gasteiger partial charge in [0.1, 0.15) is 18.2 Å². The second-order valence-corrected chi connectivity index (χ2v) is 8.68. The van der Waals surface area contributed by atoms with Crippen molar-refractivity contribution in [2.45, 2.75) is 71.1 Å². The first-order valence-electron chi connectivity index (χ1n) is 11.1. The molecule has 1 heterocycles. The molecule has 0 spiro atoms. The maximum atomic E-state index is 12.6. The summed E-state index contributed by atoms with van der Waals surface area (Å²) < 4.78 is 10.3. The van der Waals surface area contributed by atoms with Gasteiger partial charge in [-0.05, 0) is 45.6 Å². The van der Waals surface area contributed by atoms with Gasteiger partial charge in [0.2, 0.25) is 0 Å². The number of hydrogen-bond acceptors (Lipinski definition) is 8. The number of alkyl carbamates (subject to hydrolysis) is 2. The maximum Gasteiger partial charge on any atom is 0.408 e. The molecule has 1 aliphatic rings. The summed E-state index contributed by atoms with van der Waals surface area (Å²) in [6.45, 7) is 5.44. The number of ether oxygens (including phenoxy) is 2. The summed E-state index contributed by atoms with van der Waals surface area (Å²) in [4.78, 5) is 64.9. The minimum Gasteiger partial charge on any atom is -0.445 e. The van der Waals surface area contributed by atoms with E-state index in [4.69, 9.17) is 14.3 Å². The lowest BCUT2D eigenvalue weighted by atomic mass is 10.1. The van der Waals surface area contributed by atoms with Gasteiger partial charge in [-0.25, -0.2) is 14.4 Å². The fraction of sp³-hybridized carbons (Fsp3) is 0.522. The highest BCUT2D eigenvalue weighted by molar-refractivity contribution is 6.01. The van der Waals surface area contributed by atoms with Gasteiger partial charge >= 0.3 is 18.2 Å². The van der Waals surface area contributed by atoms with E-state index in [9.17, 15) is 24.0 Å². The van der Waals surface area contributed by atoms with Crippen molar-refractivity contribution in [2.24, 2.45) is 0 Å². The molecular formula is C23H31N3O8. The van der Waals surface area contributed by atoms with E-state index in [1.165, 1.54) is 0 Å². The molecule has 0 saturated carbocycles. The molecule has 2 N–H and O–H groups in total. The fourth-order valence-electron chi connectivity index (χ4n) is 2.95. The molecule has 186 valence electrons. The molecule has 0 bridgehead atoms. The molecule has 1 saturated heterocycles. The number of hydrogen-bond donors (Lipinski definition) is 2. The number of carbonyl (C=O) groups excluding carboxylic acids is 5. The lowest BCUT2D eigenvalue weighted by Gasteiger charge is -2.23. The Morgan fingerprint density at radius 2 is 1.65 bits per heavy atom. The van der Waals surface area contributed by atoms with Crippen molar-refractivity contribution in [3.05, 3.63) is 35.9 Å². The van der Waals surface area contributed by atoms with E-state index in [1.807, 2.05) is 30.3 Å². The van der Waals surface area contributed by atoms with Gasteiger partial charge in [-0.15, -0.1) is 5.06 Å². The van der Waals surface area contributed by atoms with Gasteiger partial charge in [-0.1, -0.05) is 30.3 Å². The normalized spacial score (nSPS) is 14.4. The minimum absolute atomic E-state index is 0.0394. The zero-order valence-electron chi connectivity index (χ0n) is 19.6. The number of rotatable bonds is 10. The lowest BCUT2D eigenvalue weighted by Crippen LogP contribution is -2.46. The topological polar surface area (TPSA) is 140 Å². The van der Waals surface area contributed by atoms with Gasteiger partial charge in [0.15, 0.2) is 0 Å². The molecule has 0 unspecified atom stereocenters. The summed E-state index contributed by atoms with van der Waals surface area (Å²) >= 11 is 0. The Morgan fingerprint density at radius 1 is 1.00 bits per heavy atom. The summed E-state index contributed by atoms with van der Waals surface area (Å²) in [5.74, 6) is -2.19. The van der Waals surface area contributed by atoms with Crippen LogP contribution in [0.5, 0.6) is 0 Å². The first-order chi connectivity index (χ1) is 16.0. The molecule has 0 aliphatic carbocycles. The van der Waals surface area contributed by atoms with Crippen LogP contribution in [0.4, 0.5) is 9.59 Å². The molecule has 0 aromatic heterocycles. The van der Waals surface area contributed by atoms with Gasteiger partial charge in [-0.3, -0.25) is 9.59 Å². The van der Waals surface area contributed by atoms with E-state index >= 15 is 0 Å². The Labute approximate surface area is 198 Å². The molecular weight excluding hydrogens is 446 g/mol. The smallest absolute Gasteiger partial charge is 0.408 e. The standard InChI is InChI=1S/C23H31N3O8/c1-23(2,3)33-22(31)25-17(20(29)34-26-18(27)12-13-19(26)28)11-7-8-14-24-21(30)32-15-16-9-5-4-6-10-16/h4-6,9-10,17H,7-8,11-15H2,1-3H3,(H,24,30)(H,25,31)/t17-/m1/s1. The highest BCUT2D eigenvalue weighted by Crippen LogP contribution is 2.15. The predicted octanol–water partition coefficient (Wildman–Crippen LogP) is 2.58. The molecule has 1 aromatic carbocycles. The van der Waals surface area contributed by atoms with E-state index in [2.05, 4.69) is 10.6 Å². The molecule has 11 nitrogen and oxygen atoms in total. The number of carbonyl (C=O) groups is 5. The van der Waals surface area contributed by atoms with Gasteiger partial charge < -0.3 is 24.9 Å². The highest BCUT2D eigenvalue weighted by atomic mass is 16.7. The van der Waals surface area contributed by atoms with Crippen LogP contribution in [-0.4, -0.2) is 53.2 Å². The predicted molar refractivity (Wildman–Crippen MR) is 119 cm³/mol. The molecule has 4 amide bonds. The van der Waals surface area contributed by atoms with Crippen LogP contribution in [0.3, 0.4) is 0 Å². The summed E-state index contributed by atoms with van der Waals surface area (Å²) in [6, 6.07) is 8.09. The molecule has 1 atom stereocenters. The van der Waals surface area contributed by atoms with Crippen LogP contribution in [0.15, 0.2) is 30.3 Å². The summed E-state index contributed by atoms with van der Waals surface area (Å²) in [5, 5.41) is 5.46. The average Bonchev–Trinajstić information content (AvgIpc) is 3.08. The van der Waals surface area contributed by atoms with E-state index in [0.717, 1.165) is 5.56 Å². The van der Waals surface area contributed by atoms with Crippen LogP contribution in [0.1, 0.15) is 58.4 Å². The highest BCUT2D eigenvalue weighted by Gasteiger charge is 2.35. The van der Waals surface area contributed by atoms with Crippen LogP contribution in [0.2, 0.25) is 0 Å². The number of benzene rings is 1. The Hall–Kier alpha value is -3.63. The molecule has 1 fully saturated rings. The van der Waals surface area contributed by atoms with E-state index in [-0.39, 0.29) is 32.4 Å². The zero-order valence-corrected chi connectivity index (χ0v) is 19.6. The van der Waals surface area contributed by atoms with Crippen molar-refractivity contribution in [1.29, 1.82) is 0 Å². The third-order valence-corrected chi connectivity index (χ3v) is 4.56. The molecule has 34 heavy (non-hydrogen) atoms. The second kappa shape index (κ2) is 12.6. The van der Waals surface area contributed by atoms with Crippen LogP contribution in [-0.2, 0) is 35.3 Å². The molecule has 0 radical (unpaired) electrons. The fourth-order valence-corrected chi connectivity index (χ4v) is 2.95. The Kier molecular flexibility index (Phi) is 9.84. The van der Waals surface area contributed by atoms with Crippen molar-refractivity contribution < 1.29 is 38.3 Å². The van der Waals surface area contributed by atoms with Crippen LogP contribution >= 0.6 is 0 Å². The number of amides is 4. The first-order valence-corrected chi connectivity index (χ1v) is 11.1. The first kappa shape index (κ1) is 26.6. The lowest BCUT2D eigenvalue weighted by molar-refractivity contribution is -0.199. The quantitative estimate of drug-likeness (QED) is 0.387. The molecule has 2 rings (SSSR count). The number of imide groups is 1. The average molecular weight is 478 g/mol. The van der Waals surface area contributed by atoms with Crippen molar-refractivity contribution in [1.82, 2.24) is 15.7 Å². The van der Waals surface area contributed by atoms with Crippen molar-refractivity contribution in [3.63, 3.8) is 0 Å². The summed E-state index contributed by atoms with van der Waals surface area (Å²) in [5.41, 5.74) is 0.0749. The van der Waals surface area contributed by atoms with E-state index in [0.29, 0.717) is 17.9 Å². The number of hydroxylamine groups is 2. The van der Waals surface area contributed by atoms with Crippen molar-refractivity contribution >= 4 is 30.0 Å². The second-order valence-electron chi connectivity index (χ2n) is 8.68. The molecule has 1 aliphatic heterocycles. The monoisotopic (exact) mass is 477 g/mol. The largest absolute Gasteiger partial charge is 0.445 e. The number of unbranched alkanes of at least 4 members (excludes halogenated alkanes) is 1. The molecule has 1 aromatic rings. The van der Waals surface area contributed by atoms with Gasteiger partial charge in [0.25, 0.3) is 11.8 Å². The Balaban J connectivity index is 1.80. The van der Waals surface area contributed by atoms with Crippen molar-refractivity contribution in [3.8, 4) is 0 Å². The van der Waals surface area contributed by atoms with Crippen LogP contribution < -0.4 is 10.6 Å². The summed E-state index contributed by atoms with van der Waals surface area (Å²) in [7, 11) is 0. The SMILES string of the molecule is CC(C)(C)OC(=O)N[C@H](CCCCNC(=O)OCc1ccccc1)C(=O)ON1C(=O)CCC1=O. The Morgan fingerprint density at radius 3 is 2.26 bits per heavy atom. The summed E-state index contributed by atoms with van der Waals surface area (Å²) in [6.07, 6.45) is -0.466. The maximum absolute atomic E-state index is 12.6. The van der Waals surface area contributed by atoms with E-state index in [1.54, 1.807) is 20.8 Å². The molecule has 11 heteroatoms. The van der Waals surface area contributed by atoms with E-state index < -0.39 is 41.6 Å². The number of nitrogens with one attached hydrogen (secondary N) is 2. The minimum atomic E-state index is -1.15. The number of nitrogens with zero attached hydrogens (tertiary/aromatic N) is 1. The Bertz CT molecular complexity index is 866. The van der Waals surface area contributed by atoms with Crippen LogP contribution in [0, 0.1) is 0 Å². The van der Waals surface area contributed by atoms with Gasteiger partial charge in [-0.2, -0.15) is 0 Å².